The molecule has 0 rings (SSSR count). The van der Waals surface area contributed by atoms with Crippen LogP contribution >= 0.6 is 0 Å². The smallest absolute Gasteiger partial charge is 0.306 e. The number of carboxylic acids is 1. The molecule has 0 aromatic heterocycles. The molecule has 4 heteroatoms. The Labute approximate surface area is 205 Å². The maximum atomic E-state index is 11.9. The van der Waals surface area contributed by atoms with Crippen LogP contribution in [0, 0.1) is 11.8 Å². The summed E-state index contributed by atoms with van der Waals surface area (Å²) < 4.78 is 0. The fourth-order valence-electron chi connectivity index (χ4n) is 4.82. The first-order valence-electron chi connectivity index (χ1n) is 14.5. The number of primary amides is 1. The van der Waals surface area contributed by atoms with E-state index in [0.717, 1.165) is 32.1 Å². The molecule has 33 heavy (non-hydrogen) atoms. The van der Waals surface area contributed by atoms with Gasteiger partial charge in [-0.15, -0.1) is 0 Å². The zero-order valence-electron chi connectivity index (χ0n) is 22.3. The summed E-state index contributed by atoms with van der Waals surface area (Å²) in [5, 5.41) is 9.64. The SMILES string of the molecule is CCCCCCCCCCCCC(CC(CCCCCCCCCCCC)C(=O)O)C(N)=O. The van der Waals surface area contributed by atoms with Gasteiger partial charge in [0, 0.05) is 5.92 Å². The van der Waals surface area contributed by atoms with E-state index in [4.69, 9.17) is 5.73 Å². The number of carboxylic acid groups (broad SMARTS) is 1. The van der Waals surface area contributed by atoms with Gasteiger partial charge in [0.1, 0.15) is 0 Å². The van der Waals surface area contributed by atoms with E-state index in [1.54, 1.807) is 0 Å². The Bertz CT molecular complexity index is 412. The maximum absolute atomic E-state index is 11.9. The number of amides is 1. The van der Waals surface area contributed by atoms with Gasteiger partial charge in [0.15, 0.2) is 0 Å². The molecular formula is C29H57NO3. The van der Waals surface area contributed by atoms with Crippen molar-refractivity contribution in [3.63, 3.8) is 0 Å². The molecule has 0 saturated carbocycles. The first-order chi connectivity index (χ1) is 16.0. The molecule has 0 aliphatic rings. The Kier molecular flexibility index (Phi) is 23.3. The summed E-state index contributed by atoms with van der Waals surface area (Å²) in [7, 11) is 0. The van der Waals surface area contributed by atoms with Crippen LogP contribution in [-0.4, -0.2) is 17.0 Å². The lowest BCUT2D eigenvalue weighted by atomic mass is 9.86. The number of rotatable bonds is 26. The first kappa shape index (κ1) is 31.9. The van der Waals surface area contributed by atoms with Gasteiger partial charge in [-0.05, 0) is 19.3 Å². The fraction of sp³-hybridized carbons (Fsp3) is 0.931. The van der Waals surface area contributed by atoms with Gasteiger partial charge in [-0.1, -0.05) is 142 Å². The lowest BCUT2D eigenvalue weighted by Crippen LogP contribution is -2.28. The number of aliphatic carboxylic acids is 1. The van der Waals surface area contributed by atoms with Crippen molar-refractivity contribution in [2.45, 2.75) is 162 Å². The van der Waals surface area contributed by atoms with E-state index < -0.39 is 11.9 Å². The summed E-state index contributed by atoms with van der Waals surface area (Å²) in [6.07, 6.45) is 26.9. The highest BCUT2D eigenvalue weighted by molar-refractivity contribution is 5.78. The largest absolute Gasteiger partial charge is 0.481 e. The summed E-state index contributed by atoms with van der Waals surface area (Å²) in [6.45, 7) is 4.49. The summed E-state index contributed by atoms with van der Waals surface area (Å²) in [4.78, 5) is 23.7. The minimum absolute atomic E-state index is 0.289. The standard InChI is InChI=1S/C29H57NO3/c1-3-5-7-9-11-13-15-17-19-21-23-26(28(30)31)25-27(29(32)33)24-22-20-18-16-14-12-10-8-6-4-2/h26-27H,3-25H2,1-2H3,(H2,30,31)(H,32,33). The van der Waals surface area contributed by atoms with Crippen molar-refractivity contribution in [2.24, 2.45) is 17.6 Å². The second-order valence-corrected chi connectivity index (χ2v) is 10.3. The van der Waals surface area contributed by atoms with Crippen molar-refractivity contribution in [1.82, 2.24) is 0 Å². The highest BCUT2D eigenvalue weighted by Gasteiger charge is 2.25. The normalized spacial score (nSPS) is 13.2. The molecule has 1 amide bonds. The number of nitrogens with two attached hydrogens (primary N) is 1. The van der Waals surface area contributed by atoms with Crippen LogP contribution in [0.25, 0.3) is 0 Å². The van der Waals surface area contributed by atoms with Crippen molar-refractivity contribution >= 4 is 11.9 Å². The van der Waals surface area contributed by atoms with Crippen molar-refractivity contribution in [3.05, 3.63) is 0 Å². The molecule has 0 heterocycles. The molecule has 3 N–H and O–H groups in total. The van der Waals surface area contributed by atoms with Crippen LogP contribution in [0.1, 0.15) is 162 Å². The highest BCUT2D eigenvalue weighted by Crippen LogP contribution is 2.24. The number of carbonyl (C=O) groups is 2. The molecule has 0 bridgehead atoms. The van der Waals surface area contributed by atoms with E-state index in [2.05, 4.69) is 13.8 Å². The third-order valence-corrected chi connectivity index (χ3v) is 7.13. The molecule has 0 fully saturated rings. The van der Waals surface area contributed by atoms with Gasteiger partial charge in [0.05, 0.1) is 5.92 Å². The van der Waals surface area contributed by atoms with Crippen LogP contribution in [0.3, 0.4) is 0 Å². The average Bonchev–Trinajstić information content (AvgIpc) is 2.79. The molecule has 0 spiro atoms. The van der Waals surface area contributed by atoms with Gasteiger partial charge in [0.25, 0.3) is 0 Å². The molecule has 0 saturated heterocycles. The van der Waals surface area contributed by atoms with E-state index >= 15 is 0 Å². The number of hydrogen-bond donors (Lipinski definition) is 2. The zero-order chi connectivity index (χ0) is 24.6. The molecule has 2 atom stereocenters. The maximum Gasteiger partial charge on any atom is 0.306 e. The van der Waals surface area contributed by atoms with Crippen molar-refractivity contribution < 1.29 is 14.7 Å². The second-order valence-electron chi connectivity index (χ2n) is 10.3. The number of unbranched alkanes of at least 4 members (excludes halogenated alkanes) is 18. The Morgan fingerprint density at radius 3 is 1.15 bits per heavy atom. The fourth-order valence-corrected chi connectivity index (χ4v) is 4.82. The predicted molar refractivity (Wildman–Crippen MR) is 141 cm³/mol. The molecule has 0 aromatic carbocycles. The van der Waals surface area contributed by atoms with Gasteiger partial charge in [-0.25, -0.2) is 0 Å². The molecular weight excluding hydrogens is 410 g/mol. The Balaban J connectivity index is 3.93. The van der Waals surface area contributed by atoms with Gasteiger partial charge in [-0.2, -0.15) is 0 Å². The predicted octanol–water partition coefficient (Wildman–Crippen LogP) is 8.80. The van der Waals surface area contributed by atoms with Gasteiger partial charge < -0.3 is 10.8 Å². The molecule has 4 nitrogen and oxygen atoms in total. The molecule has 0 radical (unpaired) electrons. The quantitative estimate of drug-likeness (QED) is 0.125. The van der Waals surface area contributed by atoms with E-state index in [1.165, 1.54) is 103 Å². The van der Waals surface area contributed by atoms with Crippen LogP contribution in [0.4, 0.5) is 0 Å². The summed E-state index contributed by atoms with van der Waals surface area (Å²) in [6, 6.07) is 0. The summed E-state index contributed by atoms with van der Waals surface area (Å²) in [5.41, 5.74) is 5.63. The minimum atomic E-state index is -0.764. The minimum Gasteiger partial charge on any atom is -0.481 e. The molecule has 196 valence electrons. The second kappa shape index (κ2) is 24.1. The Morgan fingerprint density at radius 2 is 0.848 bits per heavy atom. The van der Waals surface area contributed by atoms with Gasteiger partial charge in [0.2, 0.25) is 5.91 Å². The lowest BCUT2D eigenvalue weighted by molar-refractivity contribution is -0.143. The third kappa shape index (κ3) is 21.2. The average molecular weight is 468 g/mol. The van der Waals surface area contributed by atoms with E-state index in [0.29, 0.717) is 12.8 Å². The number of carbonyl (C=O) groups excluding carboxylic acids is 1. The topological polar surface area (TPSA) is 80.4 Å². The van der Waals surface area contributed by atoms with Crippen LogP contribution in [0.5, 0.6) is 0 Å². The van der Waals surface area contributed by atoms with Crippen LogP contribution in [0.2, 0.25) is 0 Å². The molecule has 2 unspecified atom stereocenters. The van der Waals surface area contributed by atoms with Crippen molar-refractivity contribution in [3.8, 4) is 0 Å². The lowest BCUT2D eigenvalue weighted by Gasteiger charge is -2.18. The monoisotopic (exact) mass is 467 g/mol. The summed E-state index contributed by atoms with van der Waals surface area (Å²) >= 11 is 0. The molecule has 0 aliphatic heterocycles. The molecule has 0 aromatic rings. The Hall–Kier alpha value is -1.06. The molecule has 0 aliphatic carbocycles. The van der Waals surface area contributed by atoms with E-state index in [-0.39, 0.29) is 11.8 Å². The van der Waals surface area contributed by atoms with E-state index in [9.17, 15) is 14.7 Å². The number of hydrogen-bond acceptors (Lipinski definition) is 2. The highest BCUT2D eigenvalue weighted by atomic mass is 16.4. The van der Waals surface area contributed by atoms with Gasteiger partial charge in [-0.3, -0.25) is 9.59 Å². The van der Waals surface area contributed by atoms with Crippen molar-refractivity contribution in [2.75, 3.05) is 0 Å². The Morgan fingerprint density at radius 1 is 0.545 bits per heavy atom. The van der Waals surface area contributed by atoms with Crippen LogP contribution in [0.15, 0.2) is 0 Å². The first-order valence-corrected chi connectivity index (χ1v) is 14.5. The van der Waals surface area contributed by atoms with Crippen LogP contribution < -0.4 is 5.73 Å². The van der Waals surface area contributed by atoms with Gasteiger partial charge >= 0.3 is 5.97 Å². The van der Waals surface area contributed by atoms with Crippen molar-refractivity contribution in [1.29, 1.82) is 0 Å². The third-order valence-electron chi connectivity index (χ3n) is 7.13. The van der Waals surface area contributed by atoms with Crippen LogP contribution in [-0.2, 0) is 9.59 Å². The van der Waals surface area contributed by atoms with E-state index in [1.807, 2.05) is 0 Å². The summed E-state index contributed by atoms with van der Waals surface area (Å²) in [5.74, 6) is -1.80. The zero-order valence-corrected chi connectivity index (χ0v) is 22.3.